The van der Waals surface area contributed by atoms with Crippen molar-refractivity contribution in [3.05, 3.63) is 30.1 Å². The van der Waals surface area contributed by atoms with Gasteiger partial charge in [0.1, 0.15) is 5.82 Å². The van der Waals surface area contributed by atoms with Gasteiger partial charge in [-0.3, -0.25) is 4.90 Å². The monoisotopic (exact) mass is 247 g/mol. The van der Waals surface area contributed by atoms with Gasteiger partial charge in [-0.1, -0.05) is 26.0 Å². The lowest BCUT2D eigenvalue weighted by Gasteiger charge is -2.18. The summed E-state index contributed by atoms with van der Waals surface area (Å²) in [4.78, 5) is 7.01. The molecule has 0 fully saturated rings. The summed E-state index contributed by atoms with van der Waals surface area (Å²) in [5, 5.41) is 9.21. The highest BCUT2D eigenvalue weighted by Crippen LogP contribution is 2.17. The number of benzene rings is 1. The third kappa shape index (κ3) is 2.54. The third-order valence-electron chi connectivity index (χ3n) is 3.32. The van der Waals surface area contributed by atoms with Gasteiger partial charge in [0.05, 0.1) is 24.2 Å². The Morgan fingerprint density at radius 2 is 1.94 bits per heavy atom. The molecule has 0 aliphatic carbocycles. The molecule has 0 bridgehead atoms. The molecule has 18 heavy (non-hydrogen) atoms. The molecule has 0 aliphatic rings. The highest BCUT2D eigenvalue weighted by molar-refractivity contribution is 5.75. The summed E-state index contributed by atoms with van der Waals surface area (Å²) in [6.07, 6.45) is 0. The number of para-hydroxylation sites is 2. The third-order valence-corrected chi connectivity index (χ3v) is 3.32. The second-order valence-electron chi connectivity index (χ2n) is 4.35. The number of hydrogen-bond donors (Lipinski definition) is 1. The van der Waals surface area contributed by atoms with Crippen LogP contribution in [0.2, 0.25) is 0 Å². The molecule has 98 valence electrons. The van der Waals surface area contributed by atoms with Crippen LogP contribution in [0.25, 0.3) is 11.0 Å². The molecule has 0 aliphatic heterocycles. The molecule has 0 atom stereocenters. The molecule has 4 heteroatoms. The van der Waals surface area contributed by atoms with Crippen LogP contribution in [0.4, 0.5) is 0 Å². The van der Waals surface area contributed by atoms with E-state index in [1.807, 2.05) is 18.2 Å². The van der Waals surface area contributed by atoms with E-state index >= 15 is 0 Å². The maximum Gasteiger partial charge on any atom is 0.124 e. The summed E-state index contributed by atoms with van der Waals surface area (Å²) >= 11 is 0. The van der Waals surface area contributed by atoms with E-state index in [1.54, 1.807) is 0 Å². The fourth-order valence-electron chi connectivity index (χ4n) is 2.24. The van der Waals surface area contributed by atoms with Crippen LogP contribution in [-0.4, -0.2) is 39.3 Å². The highest BCUT2D eigenvalue weighted by atomic mass is 16.3. The molecule has 1 aromatic carbocycles. The zero-order valence-corrected chi connectivity index (χ0v) is 11.1. The Bertz CT molecular complexity index is 503. The van der Waals surface area contributed by atoms with E-state index < -0.39 is 0 Å². The van der Waals surface area contributed by atoms with Gasteiger partial charge < -0.3 is 9.67 Å². The van der Waals surface area contributed by atoms with Crippen molar-refractivity contribution >= 4 is 11.0 Å². The summed E-state index contributed by atoms with van der Waals surface area (Å²) in [6.45, 7) is 7.92. The molecule has 0 amide bonds. The van der Waals surface area contributed by atoms with E-state index in [4.69, 9.17) is 0 Å². The van der Waals surface area contributed by atoms with Gasteiger partial charge in [0.15, 0.2) is 0 Å². The first-order valence-corrected chi connectivity index (χ1v) is 6.57. The Labute approximate surface area is 108 Å². The van der Waals surface area contributed by atoms with Crippen molar-refractivity contribution in [2.75, 3.05) is 19.7 Å². The second kappa shape index (κ2) is 5.98. The molecular weight excluding hydrogens is 226 g/mol. The molecule has 0 unspecified atom stereocenters. The van der Waals surface area contributed by atoms with Crippen LogP contribution in [0.3, 0.4) is 0 Å². The number of aliphatic hydroxyl groups is 1. The van der Waals surface area contributed by atoms with Gasteiger partial charge in [-0.05, 0) is 25.2 Å². The number of rotatable bonds is 6. The van der Waals surface area contributed by atoms with E-state index in [9.17, 15) is 5.11 Å². The largest absolute Gasteiger partial charge is 0.395 e. The minimum Gasteiger partial charge on any atom is -0.395 e. The fraction of sp³-hybridized carbons (Fsp3) is 0.500. The fourth-order valence-corrected chi connectivity index (χ4v) is 2.24. The Morgan fingerprint density at radius 1 is 1.22 bits per heavy atom. The van der Waals surface area contributed by atoms with Crippen LogP contribution in [0.1, 0.15) is 19.7 Å². The van der Waals surface area contributed by atoms with Crippen LogP contribution in [0, 0.1) is 0 Å². The molecular formula is C14H21N3O. The molecule has 0 saturated carbocycles. The summed E-state index contributed by atoms with van der Waals surface area (Å²) in [6, 6.07) is 8.09. The van der Waals surface area contributed by atoms with Crippen molar-refractivity contribution in [1.82, 2.24) is 14.5 Å². The number of imidazole rings is 1. The van der Waals surface area contributed by atoms with E-state index in [1.165, 1.54) is 0 Å². The van der Waals surface area contributed by atoms with Crippen molar-refractivity contribution in [1.29, 1.82) is 0 Å². The SMILES string of the molecule is CCN(CC)Cc1nc2ccccc2n1CCO. The van der Waals surface area contributed by atoms with E-state index in [0.29, 0.717) is 6.54 Å². The van der Waals surface area contributed by atoms with Crippen molar-refractivity contribution in [2.24, 2.45) is 0 Å². The summed E-state index contributed by atoms with van der Waals surface area (Å²) in [7, 11) is 0. The predicted octanol–water partition coefficient (Wildman–Crippen LogP) is 1.87. The number of nitrogens with zero attached hydrogens (tertiary/aromatic N) is 3. The summed E-state index contributed by atoms with van der Waals surface area (Å²) in [5.74, 6) is 1.04. The number of hydrogen-bond acceptors (Lipinski definition) is 3. The Kier molecular flexibility index (Phi) is 4.33. The topological polar surface area (TPSA) is 41.3 Å². The van der Waals surface area contributed by atoms with Gasteiger partial charge in [-0.2, -0.15) is 0 Å². The van der Waals surface area contributed by atoms with Gasteiger partial charge in [0, 0.05) is 6.54 Å². The van der Waals surface area contributed by atoms with Crippen molar-refractivity contribution < 1.29 is 5.11 Å². The van der Waals surface area contributed by atoms with Crippen molar-refractivity contribution in [3.8, 4) is 0 Å². The molecule has 0 radical (unpaired) electrons. The smallest absolute Gasteiger partial charge is 0.124 e. The first-order valence-electron chi connectivity index (χ1n) is 6.57. The average Bonchev–Trinajstić information content (AvgIpc) is 2.75. The van der Waals surface area contributed by atoms with Gasteiger partial charge in [0.2, 0.25) is 0 Å². The lowest BCUT2D eigenvalue weighted by Crippen LogP contribution is -2.24. The Hall–Kier alpha value is -1.39. The van der Waals surface area contributed by atoms with Gasteiger partial charge in [-0.15, -0.1) is 0 Å². The maximum absolute atomic E-state index is 9.21. The molecule has 1 N–H and O–H groups in total. The molecule has 0 spiro atoms. The van der Waals surface area contributed by atoms with Crippen LogP contribution < -0.4 is 0 Å². The first-order chi connectivity index (χ1) is 8.80. The van der Waals surface area contributed by atoms with Crippen molar-refractivity contribution in [3.63, 3.8) is 0 Å². The minimum atomic E-state index is 0.144. The van der Waals surface area contributed by atoms with E-state index in [-0.39, 0.29) is 6.61 Å². The highest BCUT2D eigenvalue weighted by Gasteiger charge is 2.12. The van der Waals surface area contributed by atoms with Gasteiger partial charge in [-0.25, -0.2) is 4.98 Å². The number of aliphatic hydroxyl groups excluding tert-OH is 1. The van der Waals surface area contributed by atoms with Gasteiger partial charge in [0.25, 0.3) is 0 Å². The molecule has 2 rings (SSSR count). The molecule has 2 aromatic rings. The average molecular weight is 247 g/mol. The van der Waals surface area contributed by atoms with Crippen LogP contribution in [0.5, 0.6) is 0 Å². The lowest BCUT2D eigenvalue weighted by atomic mass is 10.3. The van der Waals surface area contributed by atoms with E-state index in [2.05, 4.69) is 34.4 Å². The predicted molar refractivity (Wildman–Crippen MR) is 73.4 cm³/mol. The molecule has 0 saturated heterocycles. The second-order valence-corrected chi connectivity index (χ2v) is 4.35. The first kappa shape index (κ1) is 13.1. The maximum atomic E-state index is 9.21. The van der Waals surface area contributed by atoms with Crippen LogP contribution >= 0.6 is 0 Å². The quantitative estimate of drug-likeness (QED) is 0.847. The van der Waals surface area contributed by atoms with Crippen molar-refractivity contribution in [2.45, 2.75) is 26.9 Å². The van der Waals surface area contributed by atoms with Crippen LogP contribution in [-0.2, 0) is 13.1 Å². The zero-order valence-electron chi connectivity index (χ0n) is 11.1. The van der Waals surface area contributed by atoms with Crippen LogP contribution in [0.15, 0.2) is 24.3 Å². The number of aromatic nitrogens is 2. The minimum absolute atomic E-state index is 0.144. The molecule has 1 heterocycles. The molecule has 1 aromatic heterocycles. The van der Waals surface area contributed by atoms with E-state index in [0.717, 1.165) is 36.5 Å². The Morgan fingerprint density at radius 3 is 2.61 bits per heavy atom. The zero-order chi connectivity index (χ0) is 13.0. The standard InChI is InChI=1S/C14H21N3O/c1-3-16(4-2)11-14-15-12-7-5-6-8-13(12)17(14)9-10-18/h5-8,18H,3-4,9-11H2,1-2H3. The van der Waals surface area contributed by atoms with Gasteiger partial charge >= 0.3 is 0 Å². The normalized spacial score (nSPS) is 11.6. The number of fused-ring (bicyclic) bond motifs is 1. The summed E-state index contributed by atoms with van der Waals surface area (Å²) < 4.78 is 2.12. The summed E-state index contributed by atoms with van der Waals surface area (Å²) in [5.41, 5.74) is 2.11. The molecule has 4 nitrogen and oxygen atoms in total. The Balaban J connectivity index is 2.38. The lowest BCUT2D eigenvalue weighted by molar-refractivity contribution is 0.260.